The van der Waals surface area contributed by atoms with Gasteiger partial charge in [-0.3, -0.25) is 19.1 Å². The number of hydrogen-bond donors (Lipinski definition) is 1. The standard InChI is InChI=1S/C40H49N5O5/c1-5-6-7-8-9-20-50-35-16-14-29(15-17-35)33-23-41-37(42-24-33)30-12-10-28(11-13-30)21-32(38(47)44-19-18-31(26-44)39(48)49)22-36(46)34-25-43-45(27-34)40(2,3)4/h10-17,23-25,27,31-32H,5-9,18-22,26H2,1-4H3,(H,48,49)/t31-,32+/m0/s1. The van der Waals surface area contributed by atoms with Crippen LogP contribution in [-0.2, 0) is 21.5 Å². The van der Waals surface area contributed by atoms with E-state index >= 15 is 0 Å². The second-order valence-corrected chi connectivity index (χ2v) is 14.3. The topological polar surface area (TPSA) is 128 Å². The number of ether oxygens (including phenoxy) is 1. The normalized spacial score (nSPS) is 15.2. The number of likely N-dealkylation sites (tertiary alicyclic amines) is 1. The number of Topliss-reactive ketones (excluding diaryl/α,β-unsaturated/α-hetero) is 1. The molecule has 1 N–H and O–H groups in total. The Bertz CT molecular complexity index is 1730. The van der Waals surface area contributed by atoms with Gasteiger partial charge < -0.3 is 14.7 Å². The molecule has 0 saturated carbocycles. The van der Waals surface area contributed by atoms with Gasteiger partial charge in [0.05, 0.1) is 29.8 Å². The molecule has 0 radical (unpaired) electrons. The molecule has 1 aliphatic rings. The molecule has 1 aliphatic heterocycles. The Kier molecular flexibility index (Phi) is 12.2. The molecule has 2 aromatic heterocycles. The summed E-state index contributed by atoms with van der Waals surface area (Å²) < 4.78 is 7.64. The van der Waals surface area contributed by atoms with Crippen LogP contribution in [0.2, 0.25) is 0 Å². The van der Waals surface area contributed by atoms with Gasteiger partial charge in [0.1, 0.15) is 5.75 Å². The van der Waals surface area contributed by atoms with Crippen LogP contribution in [0.15, 0.2) is 73.3 Å². The Morgan fingerprint density at radius 3 is 2.20 bits per heavy atom. The highest BCUT2D eigenvalue weighted by Gasteiger charge is 2.35. The average molecular weight is 680 g/mol. The Hall–Kier alpha value is -4.86. The van der Waals surface area contributed by atoms with Crippen LogP contribution in [0.5, 0.6) is 5.75 Å². The third-order valence-corrected chi connectivity index (χ3v) is 9.27. The fourth-order valence-electron chi connectivity index (χ4n) is 6.18. The summed E-state index contributed by atoms with van der Waals surface area (Å²) in [6.07, 6.45) is 13.7. The maximum absolute atomic E-state index is 13.7. The monoisotopic (exact) mass is 679 g/mol. The predicted octanol–water partition coefficient (Wildman–Crippen LogP) is 7.48. The number of aromatic nitrogens is 4. The van der Waals surface area contributed by atoms with E-state index in [1.807, 2.05) is 81.7 Å². The molecule has 4 aromatic rings. The van der Waals surface area contributed by atoms with E-state index < -0.39 is 17.8 Å². The minimum Gasteiger partial charge on any atom is -0.494 e. The van der Waals surface area contributed by atoms with Crippen LogP contribution in [0.4, 0.5) is 0 Å². The van der Waals surface area contributed by atoms with Gasteiger partial charge in [-0.25, -0.2) is 9.97 Å². The van der Waals surface area contributed by atoms with Crippen molar-refractivity contribution in [3.63, 3.8) is 0 Å². The number of unbranched alkanes of at least 4 members (excludes halogenated alkanes) is 4. The van der Waals surface area contributed by atoms with Gasteiger partial charge in [-0.1, -0.05) is 69.0 Å². The molecule has 0 unspecified atom stereocenters. The molecule has 10 nitrogen and oxygen atoms in total. The van der Waals surface area contributed by atoms with Crippen molar-refractivity contribution >= 4 is 17.7 Å². The van der Waals surface area contributed by atoms with Crippen molar-refractivity contribution in [1.82, 2.24) is 24.6 Å². The first-order chi connectivity index (χ1) is 24.0. The van der Waals surface area contributed by atoms with E-state index in [1.165, 1.54) is 25.7 Å². The minimum absolute atomic E-state index is 0.00137. The minimum atomic E-state index is -0.903. The number of ketones is 1. The van der Waals surface area contributed by atoms with Crippen LogP contribution in [0, 0.1) is 11.8 Å². The summed E-state index contributed by atoms with van der Waals surface area (Å²) in [5, 5.41) is 13.8. The summed E-state index contributed by atoms with van der Waals surface area (Å²) in [5.74, 6) is -1.06. The molecule has 264 valence electrons. The molecule has 0 aliphatic carbocycles. The molecule has 5 rings (SSSR count). The maximum Gasteiger partial charge on any atom is 0.308 e. The molecule has 2 aromatic carbocycles. The van der Waals surface area contributed by atoms with Crippen molar-refractivity contribution in [1.29, 1.82) is 0 Å². The van der Waals surface area contributed by atoms with Crippen molar-refractivity contribution < 1.29 is 24.2 Å². The van der Waals surface area contributed by atoms with Gasteiger partial charge in [0.25, 0.3) is 0 Å². The van der Waals surface area contributed by atoms with E-state index in [0.717, 1.165) is 41.0 Å². The highest BCUT2D eigenvalue weighted by molar-refractivity contribution is 5.98. The molecule has 0 spiro atoms. The van der Waals surface area contributed by atoms with Gasteiger partial charge in [0.15, 0.2) is 11.6 Å². The van der Waals surface area contributed by atoms with Gasteiger partial charge >= 0.3 is 5.97 Å². The largest absolute Gasteiger partial charge is 0.494 e. The summed E-state index contributed by atoms with van der Waals surface area (Å²) in [6.45, 7) is 9.47. The Labute approximate surface area is 294 Å². The van der Waals surface area contributed by atoms with Crippen molar-refractivity contribution in [2.75, 3.05) is 19.7 Å². The Morgan fingerprint density at radius 2 is 1.58 bits per heavy atom. The zero-order valence-electron chi connectivity index (χ0n) is 29.7. The molecule has 3 heterocycles. The highest BCUT2D eigenvalue weighted by Crippen LogP contribution is 2.27. The zero-order valence-corrected chi connectivity index (χ0v) is 29.7. The number of benzene rings is 2. The van der Waals surface area contributed by atoms with Crippen molar-refractivity contribution in [2.24, 2.45) is 11.8 Å². The van der Waals surface area contributed by atoms with Gasteiger partial charge in [-0.15, -0.1) is 0 Å². The fraction of sp³-hybridized carbons (Fsp3) is 0.450. The highest BCUT2D eigenvalue weighted by atomic mass is 16.5. The summed E-state index contributed by atoms with van der Waals surface area (Å²) in [5.41, 5.74) is 3.80. The Balaban J connectivity index is 1.23. The number of rotatable bonds is 16. The molecular weight excluding hydrogens is 630 g/mol. The second kappa shape index (κ2) is 16.7. The summed E-state index contributed by atoms with van der Waals surface area (Å²) >= 11 is 0. The van der Waals surface area contributed by atoms with Crippen molar-refractivity contribution in [3.05, 3.63) is 84.4 Å². The summed E-state index contributed by atoms with van der Waals surface area (Å²) in [6, 6.07) is 15.7. The van der Waals surface area contributed by atoms with E-state index in [0.29, 0.717) is 30.8 Å². The summed E-state index contributed by atoms with van der Waals surface area (Å²) in [4.78, 5) is 49.5. The lowest BCUT2D eigenvalue weighted by Gasteiger charge is -2.23. The smallest absolute Gasteiger partial charge is 0.308 e. The zero-order chi connectivity index (χ0) is 35.7. The quantitative estimate of drug-likeness (QED) is 0.0954. The molecule has 1 saturated heterocycles. The summed E-state index contributed by atoms with van der Waals surface area (Å²) in [7, 11) is 0. The average Bonchev–Trinajstić information content (AvgIpc) is 3.82. The number of carbonyl (C=O) groups is 3. The van der Waals surface area contributed by atoms with Crippen molar-refractivity contribution in [2.45, 2.75) is 84.6 Å². The van der Waals surface area contributed by atoms with Crippen molar-refractivity contribution in [3.8, 4) is 28.3 Å². The number of carboxylic acid groups (broad SMARTS) is 1. The van der Waals surface area contributed by atoms with Gasteiger partial charge in [-0.05, 0) is 63.3 Å². The number of nitrogens with zero attached hydrogens (tertiary/aromatic N) is 5. The maximum atomic E-state index is 13.7. The lowest BCUT2D eigenvalue weighted by molar-refractivity contribution is -0.141. The van der Waals surface area contributed by atoms with E-state index in [1.54, 1.807) is 22.0 Å². The van der Waals surface area contributed by atoms with E-state index in [2.05, 4.69) is 22.0 Å². The molecule has 10 heteroatoms. The number of carbonyl (C=O) groups excluding carboxylic acids is 2. The lowest BCUT2D eigenvalue weighted by Crippen LogP contribution is -2.37. The number of aliphatic carboxylic acids is 1. The number of amides is 1. The lowest BCUT2D eigenvalue weighted by atomic mass is 9.91. The first kappa shape index (κ1) is 36.4. The number of hydrogen-bond acceptors (Lipinski definition) is 7. The fourth-order valence-corrected chi connectivity index (χ4v) is 6.18. The third-order valence-electron chi connectivity index (χ3n) is 9.27. The second-order valence-electron chi connectivity index (χ2n) is 14.3. The van der Waals surface area contributed by atoms with Gasteiger partial charge in [-0.2, -0.15) is 5.10 Å². The predicted molar refractivity (Wildman–Crippen MR) is 193 cm³/mol. The van der Waals surface area contributed by atoms with Crippen LogP contribution < -0.4 is 4.74 Å². The van der Waals surface area contributed by atoms with E-state index in [-0.39, 0.29) is 30.2 Å². The van der Waals surface area contributed by atoms with Crippen LogP contribution in [0.3, 0.4) is 0 Å². The first-order valence-corrected chi connectivity index (χ1v) is 17.8. The first-order valence-electron chi connectivity index (χ1n) is 17.8. The molecule has 1 amide bonds. The van der Waals surface area contributed by atoms with E-state index in [9.17, 15) is 19.5 Å². The van der Waals surface area contributed by atoms with Crippen LogP contribution >= 0.6 is 0 Å². The van der Waals surface area contributed by atoms with Gasteiger partial charge in [0.2, 0.25) is 5.91 Å². The molecule has 2 atom stereocenters. The van der Waals surface area contributed by atoms with Crippen LogP contribution in [0.25, 0.3) is 22.5 Å². The molecule has 0 bridgehead atoms. The molecular formula is C40H49N5O5. The number of carboxylic acids is 1. The molecule has 1 fully saturated rings. The Morgan fingerprint density at radius 1 is 0.900 bits per heavy atom. The van der Waals surface area contributed by atoms with Gasteiger partial charge in [0, 0.05) is 55.1 Å². The third kappa shape index (κ3) is 9.64. The van der Waals surface area contributed by atoms with E-state index in [4.69, 9.17) is 4.74 Å². The van der Waals surface area contributed by atoms with Crippen LogP contribution in [0.1, 0.15) is 88.6 Å². The molecule has 50 heavy (non-hydrogen) atoms. The SMILES string of the molecule is CCCCCCCOc1ccc(-c2cnc(-c3ccc(C[C@H](CC(=O)c4cnn(C(C)(C)C)c4)C(=O)N4CC[C@H](C(=O)O)C4)cc3)nc2)cc1. The van der Waals surface area contributed by atoms with Crippen LogP contribution in [-0.4, -0.2) is 67.1 Å².